The van der Waals surface area contributed by atoms with Crippen molar-refractivity contribution in [3.63, 3.8) is 0 Å². The molecule has 0 aliphatic carbocycles. The lowest BCUT2D eigenvalue weighted by Gasteiger charge is -1.96. The van der Waals surface area contributed by atoms with Crippen LogP contribution in [0.4, 0.5) is 5.69 Å². The molecule has 0 amide bonds. The second-order valence-corrected chi connectivity index (χ2v) is 3.50. The van der Waals surface area contributed by atoms with E-state index in [1.165, 1.54) is 18.2 Å². The number of aldehydes is 1. The highest BCUT2D eigenvalue weighted by atomic mass is 16.6. The zero-order chi connectivity index (χ0) is 13.0. The van der Waals surface area contributed by atoms with Gasteiger partial charge in [0.05, 0.1) is 4.92 Å². The molecule has 2 rings (SSSR count). The molecule has 1 aromatic heterocycles. The van der Waals surface area contributed by atoms with Crippen LogP contribution < -0.4 is 0 Å². The van der Waals surface area contributed by atoms with Gasteiger partial charge in [0.1, 0.15) is 17.8 Å². The van der Waals surface area contributed by atoms with Gasteiger partial charge in [-0.3, -0.25) is 14.9 Å². The van der Waals surface area contributed by atoms with Crippen molar-refractivity contribution in [2.45, 2.75) is 0 Å². The zero-order valence-corrected chi connectivity index (χ0v) is 9.28. The predicted octanol–water partition coefficient (Wildman–Crippen LogP) is 3.07. The highest BCUT2D eigenvalue weighted by Gasteiger charge is 2.07. The molecular weight excluding hydrogens is 234 g/mol. The molecule has 0 N–H and O–H groups in total. The molecule has 0 spiro atoms. The number of carbonyl (C=O) groups excluding carboxylic acids is 1. The van der Waals surface area contributed by atoms with Crippen molar-refractivity contribution in [2.24, 2.45) is 0 Å². The fourth-order valence-electron chi connectivity index (χ4n) is 1.48. The first-order valence-corrected chi connectivity index (χ1v) is 5.17. The SMILES string of the molecule is O=CC=Cc1ccc(-c2ccc([N+](=O)[O-])cc2)o1. The average Bonchev–Trinajstić information content (AvgIpc) is 2.85. The average molecular weight is 243 g/mol. The van der Waals surface area contributed by atoms with Gasteiger partial charge in [0.15, 0.2) is 0 Å². The van der Waals surface area contributed by atoms with Gasteiger partial charge in [-0.2, -0.15) is 0 Å². The quantitative estimate of drug-likeness (QED) is 0.358. The first-order chi connectivity index (χ1) is 8.70. The Labute approximate surface area is 103 Å². The van der Waals surface area contributed by atoms with Crippen molar-refractivity contribution in [3.05, 3.63) is 58.3 Å². The van der Waals surface area contributed by atoms with Crippen LogP contribution in [0.15, 0.2) is 46.9 Å². The molecule has 0 unspecified atom stereocenters. The highest BCUT2D eigenvalue weighted by Crippen LogP contribution is 2.24. The van der Waals surface area contributed by atoms with E-state index in [0.29, 0.717) is 17.8 Å². The Morgan fingerprint density at radius 1 is 1.11 bits per heavy atom. The van der Waals surface area contributed by atoms with Crippen molar-refractivity contribution in [1.29, 1.82) is 0 Å². The predicted molar refractivity (Wildman–Crippen MR) is 65.9 cm³/mol. The third-order valence-electron chi connectivity index (χ3n) is 2.33. The number of rotatable bonds is 4. The lowest BCUT2D eigenvalue weighted by molar-refractivity contribution is -0.384. The zero-order valence-electron chi connectivity index (χ0n) is 9.28. The van der Waals surface area contributed by atoms with Gasteiger partial charge >= 0.3 is 0 Å². The Bertz CT molecular complexity index is 596. The number of hydrogen-bond donors (Lipinski definition) is 0. The molecule has 5 heteroatoms. The van der Waals surface area contributed by atoms with Crippen LogP contribution in [-0.2, 0) is 4.79 Å². The van der Waals surface area contributed by atoms with E-state index in [0.717, 1.165) is 5.56 Å². The van der Waals surface area contributed by atoms with Crippen molar-refractivity contribution < 1.29 is 14.1 Å². The van der Waals surface area contributed by atoms with Gasteiger partial charge in [-0.15, -0.1) is 0 Å². The molecule has 0 bridgehead atoms. The van der Waals surface area contributed by atoms with Crippen LogP contribution >= 0.6 is 0 Å². The first-order valence-electron chi connectivity index (χ1n) is 5.17. The maximum absolute atomic E-state index is 10.5. The monoisotopic (exact) mass is 243 g/mol. The second-order valence-electron chi connectivity index (χ2n) is 3.50. The summed E-state index contributed by atoms with van der Waals surface area (Å²) in [5.41, 5.74) is 0.776. The Balaban J connectivity index is 2.25. The summed E-state index contributed by atoms with van der Waals surface area (Å²) in [6.07, 6.45) is 3.54. The molecule has 90 valence electrons. The fraction of sp³-hybridized carbons (Fsp3) is 0. The summed E-state index contributed by atoms with van der Waals surface area (Å²) < 4.78 is 5.46. The lowest BCUT2D eigenvalue weighted by Crippen LogP contribution is -1.86. The number of carbonyl (C=O) groups is 1. The number of nitro benzene ring substituents is 1. The van der Waals surface area contributed by atoms with Crippen molar-refractivity contribution in [3.8, 4) is 11.3 Å². The summed E-state index contributed by atoms with van der Waals surface area (Å²) in [7, 11) is 0. The minimum atomic E-state index is -0.454. The van der Waals surface area contributed by atoms with E-state index in [1.807, 2.05) is 0 Å². The number of benzene rings is 1. The van der Waals surface area contributed by atoms with Gasteiger partial charge in [-0.05, 0) is 36.4 Å². The molecule has 0 aliphatic heterocycles. The summed E-state index contributed by atoms with van der Waals surface area (Å²) in [6, 6.07) is 9.52. The van der Waals surface area contributed by atoms with Gasteiger partial charge in [0.2, 0.25) is 0 Å². The van der Waals surface area contributed by atoms with Gasteiger partial charge < -0.3 is 4.42 Å². The van der Waals surface area contributed by atoms with Crippen molar-refractivity contribution >= 4 is 18.0 Å². The molecule has 0 radical (unpaired) electrons. The van der Waals surface area contributed by atoms with Gasteiger partial charge in [0.25, 0.3) is 5.69 Å². The van der Waals surface area contributed by atoms with E-state index >= 15 is 0 Å². The normalized spacial score (nSPS) is 10.7. The number of hydrogen-bond acceptors (Lipinski definition) is 4. The lowest BCUT2D eigenvalue weighted by atomic mass is 10.1. The number of non-ortho nitro benzene ring substituents is 1. The van der Waals surface area contributed by atoms with Gasteiger partial charge in [-0.1, -0.05) is 0 Å². The van der Waals surface area contributed by atoms with Crippen molar-refractivity contribution in [2.75, 3.05) is 0 Å². The fourth-order valence-corrected chi connectivity index (χ4v) is 1.48. The Morgan fingerprint density at radius 2 is 1.83 bits per heavy atom. The highest BCUT2D eigenvalue weighted by molar-refractivity contribution is 5.73. The molecule has 18 heavy (non-hydrogen) atoms. The summed E-state index contributed by atoms with van der Waals surface area (Å²) in [6.45, 7) is 0. The van der Waals surface area contributed by atoms with Gasteiger partial charge in [-0.25, -0.2) is 0 Å². The smallest absolute Gasteiger partial charge is 0.269 e. The minimum absolute atomic E-state index is 0.0337. The van der Waals surface area contributed by atoms with Crippen LogP contribution in [0.1, 0.15) is 5.76 Å². The van der Waals surface area contributed by atoms with Gasteiger partial charge in [0, 0.05) is 17.7 Å². The molecule has 1 aromatic carbocycles. The standard InChI is InChI=1S/C13H9NO4/c15-9-1-2-12-7-8-13(18-12)10-3-5-11(6-4-10)14(16)17/h1-9H. The number of nitrogens with zero attached hydrogens (tertiary/aromatic N) is 1. The van der Waals surface area contributed by atoms with Crippen LogP contribution in [0.5, 0.6) is 0 Å². The van der Waals surface area contributed by atoms with Crippen LogP contribution in [0.25, 0.3) is 17.4 Å². The Kier molecular flexibility index (Phi) is 3.33. The van der Waals surface area contributed by atoms with E-state index in [2.05, 4.69) is 0 Å². The van der Waals surface area contributed by atoms with Crippen LogP contribution in [0.2, 0.25) is 0 Å². The summed E-state index contributed by atoms with van der Waals surface area (Å²) in [5.74, 6) is 1.14. The molecule has 1 heterocycles. The summed E-state index contributed by atoms with van der Waals surface area (Å²) in [4.78, 5) is 20.2. The van der Waals surface area contributed by atoms with E-state index in [1.54, 1.807) is 30.3 Å². The van der Waals surface area contributed by atoms with E-state index < -0.39 is 4.92 Å². The number of allylic oxidation sites excluding steroid dienone is 1. The molecule has 0 saturated carbocycles. The van der Waals surface area contributed by atoms with E-state index in [9.17, 15) is 14.9 Å². The van der Waals surface area contributed by atoms with Crippen LogP contribution in [0.3, 0.4) is 0 Å². The maximum atomic E-state index is 10.5. The summed E-state index contributed by atoms with van der Waals surface area (Å²) in [5, 5.41) is 10.5. The van der Waals surface area contributed by atoms with Crippen LogP contribution in [0, 0.1) is 10.1 Å². The maximum Gasteiger partial charge on any atom is 0.269 e. The number of furan rings is 1. The van der Waals surface area contributed by atoms with E-state index in [-0.39, 0.29) is 5.69 Å². The van der Waals surface area contributed by atoms with Crippen molar-refractivity contribution in [1.82, 2.24) is 0 Å². The summed E-state index contributed by atoms with van der Waals surface area (Å²) >= 11 is 0. The molecule has 0 fully saturated rings. The molecule has 0 aliphatic rings. The third-order valence-corrected chi connectivity index (χ3v) is 2.33. The molecule has 5 nitrogen and oxygen atoms in total. The van der Waals surface area contributed by atoms with E-state index in [4.69, 9.17) is 4.42 Å². The number of nitro groups is 1. The molecule has 0 atom stereocenters. The largest absolute Gasteiger partial charge is 0.457 e. The third kappa shape index (κ3) is 2.52. The first kappa shape index (κ1) is 11.8. The Morgan fingerprint density at radius 3 is 2.44 bits per heavy atom. The molecule has 0 saturated heterocycles. The Hall–Kier alpha value is -2.69. The topological polar surface area (TPSA) is 73.3 Å². The second kappa shape index (κ2) is 5.09. The minimum Gasteiger partial charge on any atom is -0.457 e. The van der Waals surface area contributed by atoms with Crippen LogP contribution in [-0.4, -0.2) is 11.2 Å². The molecule has 2 aromatic rings. The molecular formula is C13H9NO4.